The molecule has 0 spiro atoms. The molecule has 0 radical (unpaired) electrons. The summed E-state index contributed by atoms with van der Waals surface area (Å²) in [6, 6.07) is 18.7. The standard InChI is InChI=1S/C31H37N3O4/c1-19-13-20(2)15-24(14-19)28(29(36)33-25-12-11-22-9-7-8-10-23(22)17-25)34(26-16-21(26)3)27(35)18-32-30(37)38-31(4,5)6/h7-15,17,21,26,28H,16,18H2,1-6H3,(H,32,37)(H,33,36). The van der Waals surface area contributed by atoms with Gasteiger partial charge < -0.3 is 20.3 Å². The first-order chi connectivity index (χ1) is 17.9. The molecule has 1 fully saturated rings. The Morgan fingerprint density at radius 3 is 2.21 bits per heavy atom. The topological polar surface area (TPSA) is 87.7 Å². The van der Waals surface area contributed by atoms with Crippen molar-refractivity contribution in [1.29, 1.82) is 0 Å². The zero-order valence-corrected chi connectivity index (χ0v) is 23.0. The number of aryl methyl sites for hydroxylation is 2. The van der Waals surface area contributed by atoms with Gasteiger partial charge in [-0.2, -0.15) is 0 Å². The molecule has 0 heterocycles. The second-order valence-corrected chi connectivity index (χ2v) is 11.3. The van der Waals surface area contributed by atoms with E-state index in [2.05, 4.69) is 17.6 Å². The fourth-order valence-corrected chi connectivity index (χ4v) is 4.85. The average Bonchev–Trinajstić information content (AvgIpc) is 3.54. The summed E-state index contributed by atoms with van der Waals surface area (Å²) in [5.74, 6) is -0.375. The SMILES string of the molecule is Cc1cc(C)cc(C(C(=O)Nc2ccc3ccccc3c2)N(C(=O)CNC(=O)OC(C)(C)C)C2CC2C)c1. The molecule has 2 N–H and O–H groups in total. The first kappa shape index (κ1) is 27.2. The molecule has 1 saturated carbocycles. The number of carbonyl (C=O) groups excluding carboxylic acids is 3. The molecule has 7 nitrogen and oxygen atoms in total. The highest BCUT2D eigenvalue weighted by Crippen LogP contribution is 2.41. The number of carbonyl (C=O) groups is 3. The number of hydrogen-bond donors (Lipinski definition) is 2. The van der Waals surface area contributed by atoms with E-state index in [4.69, 9.17) is 4.74 Å². The lowest BCUT2D eigenvalue weighted by Crippen LogP contribution is -2.48. The third-order valence-electron chi connectivity index (χ3n) is 6.60. The molecule has 3 aromatic rings. The quantitative estimate of drug-likeness (QED) is 0.410. The van der Waals surface area contributed by atoms with Crippen LogP contribution in [0.15, 0.2) is 60.7 Å². The third kappa shape index (κ3) is 6.71. The molecule has 7 heteroatoms. The average molecular weight is 516 g/mol. The molecular weight excluding hydrogens is 478 g/mol. The van der Waals surface area contributed by atoms with Gasteiger partial charge in [-0.3, -0.25) is 9.59 Å². The molecule has 0 bridgehead atoms. The fraction of sp³-hybridized carbons (Fsp3) is 0.387. The van der Waals surface area contributed by atoms with Crippen molar-refractivity contribution < 1.29 is 19.1 Å². The van der Waals surface area contributed by atoms with Crippen LogP contribution in [0.5, 0.6) is 0 Å². The molecule has 0 aromatic heterocycles. The van der Waals surface area contributed by atoms with Crippen molar-refractivity contribution in [3.05, 3.63) is 77.4 Å². The molecule has 200 valence electrons. The van der Waals surface area contributed by atoms with E-state index < -0.39 is 17.7 Å². The van der Waals surface area contributed by atoms with Crippen LogP contribution < -0.4 is 10.6 Å². The zero-order valence-electron chi connectivity index (χ0n) is 23.0. The highest BCUT2D eigenvalue weighted by molar-refractivity contribution is 6.00. The minimum Gasteiger partial charge on any atom is -0.444 e. The first-order valence-corrected chi connectivity index (χ1v) is 13.1. The van der Waals surface area contributed by atoms with Crippen LogP contribution in [0.3, 0.4) is 0 Å². The summed E-state index contributed by atoms with van der Waals surface area (Å²) in [5.41, 5.74) is 2.73. The summed E-state index contributed by atoms with van der Waals surface area (Å²) < 4.78 is 5.30. The number of rotatable bonds is 7. The van der Waals surface area contributed by atoms with Gasteiger partial charge in [0.15, 0.2) is 0 Å². The number of nitrogens with zero attached hydrogens (tertiary/aromatic N) is 1. The van der Waals surface area contributed by atoms with Crippen LogP contribution in [-0.4, -0.2) is 41.0 Å². The number of ether oxygens (including phenoxy) is 1. The second kappa shape index (κ2) is 10.9. The van der Waals surface area contributed by atoms with Crippen LogP contribution in [-0.2, 0) is 14.3 Å². The molecule has 3 aromatic carbocycles. The summed E-state index contributed by atoms with van der Waals surface area (Å²) in [6.07, 6.45) is 0.126. The van der Waals surface area contributed by atoms with Crippen LogP contribution in [0.1, 0.15) is 56.8 Å². The van der Waals surface area contributed by atoms with Gasteiger partial charge in [-0.05, 0) is 75.4 Å². The van der Waals surface area contributed by atoms with E-state index in [-0.39, 0.29) is 30.3 Å². The van der Waals surface area contributed by atoms with Gasteiger partial charge in [-0.25, -0.2) is 4.79 Å². The lowest BCUT2D eigenvalue weighted by atomic mass is 9.98. The molecule has 1 aliphatic rings. The third-order valence-corrected chi connectivity index (χ3v) is 6.60. The van der Waals surface area contributed by atoms with Gasteiger partial charge in [0.1, 0.15) is 18.2 Å². The van der Waals surface area contributed by atoms with Gasteiger partial charge in [0, 0.05) is 11.7 Å². The van der Waals surface area contributed by atoms with Crippen molar-refractivity contribution in [2.45, 2.75) is 65.6 Å². The van der Waals surface area contributed by atoms with Crippen molar-refractivity contribution >= 4 is 34.4 Å². The molecule has 3 amide bonds. The minimum absolute atomic E-state index is 0.101. The number of amides is 3. The van der Waals surface area contributed by atoms with Gasteiger partial charge in [0.05, 0.1) is 0 Å². The van der Waals surface area contributed by atoms with Gasteiger partial charge in [0.25, 0.3) is 5.91 Å². The van der Waals surface area contributed by atoms with E-state index in [0.717, 1.165) is 33.9 Å². The maximum absolute atomic E-state index is 14.0. The highest BCUT2D eigenvalue weighted by atomic mass is 16.6. The van der Waals surface area contributed by atoms with E-state index in [1.54, 1.807) is 25.7 Å². The van der Waals surface area contributed by atoms with Crippen LogP contribution in [0, 0.1) is 19.8 Å². The Balaban J connectivity index is 1.65. The number of anilines is 1. The summed E-state index contributed by atoms with van der Waals surface area (Å²) >= 11 is 0. The molecule has 0 aliphatic heterocycles. The molecular formula is C31H37N3O4. The molecule has 3 atom stereocenters. The summed E-state index contributed by atoms with van der Waals surface area (Å²) in [7, 11) is 0. The number of benzene rings is 3. The largest absolute Gasteiger partial charge is 0.444 e. The lowest BCUT2D eigenvalue weighted by Gasteiger charge is -2.32. The lowest BCUT2D eigenvalue weighted by molar-refractivity contribution is -0.139. The van der Waals surface area contributed by atoms with Gasteiger partial charge in [-0.1, -0.05) is 66.6 Å². The molecule has 3 unspecified atom stereocenters. The minimum atomic E-state index is -0.858. The molecule has 1 aliphatic carbocycles. The Morgan fingerprint density at radius 2 is 1.61 bits per heavy atom. The first-order valence-electron chi connectivity index (χ1n) is 13.1. The predicted molar refractivity (Wildman–Crippen MR) is 150 cm³/mol. The van der Waals surface area contributed by atoms with E-state index in [9.17, 15) is 14.4 Å². The summed E-state index contributed by atoms with van der Waals surface area (Å²) in [6.45, 7) is 11.0. The Morgan fingerprint density at radius 1 is 0.974 bits per heavy atom. The Labute approximate surface area is 224 Å². The van der Waals surface area contributed by atoms with Crippen molar-refractivity contribution in [3.8, 4) is 0 Å². The smallest absolute Gasteiger partial charge is 0.408 e. The monoisotopic (exact) mass is 515 g/mol. The van der Waals surface area contributed by atoms with Crippen molar-refractivity contribution in [3.63, 3.8) is 0 Å². The van der Waals surface area contributed by atoms with E-state index in [1.165, 1.54) is 0 Å². The maximum Gasteiger partial charge on any atom is 0.408 e. The summed E-state index contributed by atoms with van der Waals surface area (Å²) in [4.78, 5) is 41.5. The number of hydrogen-bond acceptors (Lipinski definition) is 4. The van der Waals surface area contributed by atoms with Crippen LogP contribution in [0.2, 0.25) is 0 Å². The van der Waals surface area contributed by atoms with E-state index in [1.807, 2.05) is 74.5 Å². The Kier molecular flexibility index (Phi) is 7.76. The fourth-order valence-electron chi connectivity index (χ4n) is 4.85. The Hall–Kier alpha value is -3.87. The van der Waals surface area contributed by atoms with Crippen molar-refractivity contribution in [1.82, 2.24) is 10.2 Å². The predicted octanol–water partition coefficient (Wildman–Crippen LogP) is 5.90. The molecule has 38 heavy (non-hydrogen) atoms. The Bertz CT molecular complexity index is 1340. The van der Waals surface area contributed by atoms with Crippen molar-refractivity contribution in [2.24, 2.45) is 5.92 Å². The normalized spacial score (nSPS) is 17.4. The summed E-state index contributed by atoms with van der Waals surface area (Å²) in [5, 5.41) is 7.72. The van der Waals surface area contributed by atoms with Crippen LogP contribution >= 0.6 is 0 Å². The maximum atomic E-state index is 14.0. The van der Waals surface area contributed by atoms with E-state index in [0.29, 0.717) is 5.69 Å². The van der Waals surface area contributed by atoms with Crippen LogP contribution in [0.25, 0.3) is 10.8 Å². The van der Waals surface area contributed by atoms with Gasteiger partial charge in [0.2, 0.25) is 5.91 Å². The molecule has 4 rings (SSSR count). The van der Waals surface area contributed by atoms with E-state index >= 15 is 0 Å². The number of fused-ring (bicyclic) bond motifs is 1. The number of alkyl carbamates (subject to hydrolysis) is 1. The highest BCUT2D eigenvalue weighted by Gasteiger charge is 2.46. The zero-order chi connectivity index (χ0) is 27.6. The number of nitrogens with one attached hydrogen (secondary N) is 2. The van der Waals surface area contributed by atoms with Gasteiger partial charge in [-0.15, -0.1) is 0 Å². The van der Waals surface area contributed by atoms with Gasteiger partial charge >= 0.3 is 6.09 Å². The molecule has 0 saturated heterocycles. The second-order valence-electron chi connectivity index (χ2n) is 11.3. The van der Waals surface area contributed by atoms with Crippen molar-refractivity contribution in [2.75, 3.05) is 11.9 Å². The van der Waals surface area contributed by atoms with Crippen LogP contribution in [0.4, 0.5) is 10.5 Å².